The lowest BCUT2D eigenvalue weighted by molar-refractivity contribution is -0.140. The number of benzene rings is 1. The summed E-state index contributed by atoms with van der Waals surface area (Å²) in [6.45, 7) is -0.451. The molecule has 0 spiro atoms. The van der Waals surface area contributed by atoms with Crippen LogP contribution < -0.4 is 0 Å². The van der Waals surface area contributed by atoms with Gasteiger partial charge in [0.15, 0.2) is 0 Å². The highest BCUT2D eigenvalue weighted by atomic mass is 127. The lowest BCUT2D eigenvalue weighted by Crippen LogP contribution is -2.32. The van der Waals surface area contributed by atoms with Crippen molar-refractivity contribution in [1.82, 2.24) is 4.31 Å². The molecule has 7 nitrogen and oxygen atoms in total. The van der Waals surface area contributed by atoms with E-state index in [1.807, 2.05) is 0 Å². The third-order valence-electron chi connectivity index (χ3n) is 2.46. The van der Waals surface area contributed by atoms with Crippen molar-refractivity contribution in [3.8, 4) is 0 Å². The number of sulfonamides is 1. The molecule has 0 bridgehead atoms. The van der Waals surface area contributed by atoms with Crippen LogP contribution in [0.5, 0.6) is 0 Å². The van der Waals surface area contributed by atoms with Gasteiger partial charge in [-0.15, -0.1) is 0 Å². The summed E-state index contributed by atoms with van der Waals surface area (Å²) in [5, 5.41) is 8.99. The van der Waals surface area contributed by atoms with Crippen molar-refractivity contribution < 1.29 is 27.9 Å². The Balaban J connectivity index is 3.19. The molecule has 0 saturated heterocycles. The van der Waals surface area contributed by atoms with Crippen LogP contribution in [-0.2, 0) is 19.6 Å². The monoisotopic (exact) mass is 413 g/mol. The first-order valence-corrected chi connectivity index (χ1v) is 7.78. The Hall–Kier alpha value is -1.20. The summed E-state index contributed by atoms with van der Waals surface area (Å²) in [6.07, 6.45) is 0. The predicted molar refractivity (Wildman–Crippen MR) is 78.0 cm³/mol. The van der Waals surface area contributed by atoms with Crippen LogP contribution in [-0.4, -0.2) is 50.5 Å². The number of nitrogens with zero attached hydrogens (tertiary/aromatic N) is 1. The average molecular weight is 413 g/mol. The van der Waals surface area contributed by atoms with Gasteiger partial charge in [0.1, 0.15) is 6.54 Å². The molecule has 0 aromatic heterocycles. The molecule has 0 aliphatic carbocycles. The van der Waals surface area contributed by atoms with Gasteiger partial charge in [0.05, 0.1) is 17.6 Å². The standard InChI is InChI=1S/C11H12INO6S/c1-13(6-10(14)19-2)20(17,18)7-3-4-9(12)8(5-7)11(15)16/h3-5H,6H2,1-2H3,(H,15,16). The molecule has 1 aromatic rings. The topological polar surface area (TPSA) is 101 Å². The van der Waals surface area contributed by atoms with Crippen LogP contribution in [0.4, 0.5) is 0 Å². The van der Waals surface area contributed by atoms with Crippen molar-refractivity contribution in [3.05, 3.63) is 27.3 Å². The van der Waals surface area contributed by atoms with Gasteiger partial charge in [-0.05, 0) is 40.8 Å². The van der Waals surface area contributed by atoms with E-state index in [2.05, 4.69) is 4.74 Å². The second-order valence-corrected chi connectivity index (χ2v) is 6.99. The van der Waals surface area contributed by atoms with Crippen molar-refractivity contribution in [3.63, 3.8) is 0 Å². The average Bonchev–Trinajstić information content (AvgIpc) is 2.38. The van der Waals surface area contributed by atoms with Gasteiger partial charge < -0.3 is 9.84 Å². The van der Waals surface area contributed by atoms with E-state index in [1.54, 1.807) is 22.6 Å². The van der Waals surface area contributed by atoms with Gasteiger partial charge in [0.2, 0.25) is 10.0 Å². The maximum Gasteiger partial charge on any atom is 0.336 e. The zero-order chi connectivity index (χ0) is 15.5. The van der Waals surface area contributed by atoms with Crippen LogP contribution in [0.3, 0.4) is 0 Å². The number of carboxylic acids is 1. The third-order valence-corrected chi connectivity index (χ3v) is 5.20. The molecule has 20 heavy (non-hydrogen) atoms. The zero-order valence-corrected chi connectivity index (χ0v) is 13.6. The number of carbonyl (C=O) groups excluding carboxylic acids is 1. The number of hydrogen-bond donors (Lipinski definition) is 1. The summed E-state index contributed by atoms with van der Waals surface area (Å²) < 4.78 is 30.0. The zero-order valence-electron chi connectivity index (χ0n) is 10.7. The number of esters is 1. The van der Waals surface area contributed by atoms with E-state index in [-0.39, 0.29) is 10.5 Å². The van der Waals surface area contributed by atoms with Gasteiger partial charge in [0, 0.05) is 10.6 Å². The largest absolute Gasteiger partial charge is 0.478 e. The van der Waals surface area contributed by atoms with E-state index in [0.717, 1.165) is 17.5 Å². The lowest BCUT2D eigenvalue weighted by atomic mass is 10.2. The van der Waals surface area contributed by atoms with Gasteiger partial charge in [-0.1, -0.05) is 0 Å². The molecule has 0 aliphatic heterocycles. The Morgan fingerprint density at radius 2 is 2.00 bits per heavy atom. The minimum Gasteiger partial charge on any atom is -0.478 e. The quantitative estimate of drug-likeness (QED) is 0.566. The summed E-state index contributed by atoms with van der Waals surface area (Å²) >= 11 is 1.80. The summed E-state index contributed by atoms with van der Waals surface area (Å²) in [5.41, 5.74) is -0.113. The Morgan fingerprint density at radius 3 is 2.50 bits per heavy atom. The van der Waals surface area contributed by atoms with Crippen molar-refractivity contribution in [2.45, 2.75) is 4.90 Å². The Bertz CT molecular complexity index is 642. The molecule has 9 heteroatoms. The smallest absolute Gasteiger partial charge is 0.336 e. The van der Waals surface area contributed by atoms with Crippen molar-refractivity contribution in [2.24, 2.45) is 0 Å². The molecule has 1 N–H and O–H groups in total. The second-order valence-electron chi connectivity index (χ2n) is 3.78. The Kier molecular flexibility index (Phi) is 5.48. The number of methoxy groups -OCH3 is 1. The summed E-state index contributed by atoms with van der Waals surface area (Å²) in [4.78, 5) is 21.9. The molecule has 0 saturated carbocycles. The first kappa shape index (κ1) is 16.9. The highest BCUT2D eigenvalue weighted by Gasteiger charge is 2.25. The van der Waals surface area contributed by atoms with E-state index >= 15 is 0 Å². The van der Waals surface area contributed by atoms with Crippen LogP contribution in [0.2, 0.25) is 0 Å². The number of rotatable bonds is 5. The van der Waals surface area contributed by atoms with Gasteiger partial charge in [-0.3, -0.25) is 4.79 Å². The molecule has 1 rings (SSSR count). The molecule has 0 amide bonds. The van der Waals surface area contributed by atoms with Crippen molar-refractivity contribution in [1.29, 1.82) is 0 Å². The Labute approximate surface area is 129 Å². The first-order chi connectivity index (χ1) is 9.20. The molecule has 0 aliphatic rings. The Morgan fingerprint density at radius 1 is 1.40 bits per heavy atom. The number of halogens is 1. The summed E-state index contributed by atoms with van der Waals surface area (Å²) in [5.74, 6) is -1.93. The number of ether oxygens (including phenoxy) is 1. The number of carboxylic acid groups (broad SMARTS) is 1. The van der Waals surface area contributed by atoms with E-state index in [0.29, 0.717) is 3.57 Å². The van der Waals surface area contributed by atoms with E-state index in [1.165, 1.54) is 19.2 Å². The lowest BCUT2D eigenvalue weighted by Gasteiger charge is -2.16. The highest BCUT2D eigenvalue weighted by molar-refractivity contribution is 14.1. The SMILES string of the molecule is COC(=O)CN(C)S(=O)(=O)c1ccc(I)c(C(=O)O)c1. The fourth-order valence-electron chi connectivity index (χ4n) is 1.34. The van der Waals surface area contributed by atoms with E-state index in [4.69, 9.17) is 5.11 Å². The molecule has 0 fully saturated rings. The summed E-state index contributed by atoms with van der Waals surface area (Å²) in [7, 11) is -1.59. The van der Waals surface area contributed by atoms with Crippen molar-refractivity contribution >= 4 is 44.6 Å². The predicted octanol–water partition coefficient (Wildman–Crippen LogP) is 0.783. The minimum absolute atomic E-state index is 0.113. The number of likely N-dealkylation sites (N-methyl/N-ethyl adjacent to an activating group) is 1. The molecule has 110 valence electrons. The second kappa shape index (κ2) is 6.50. The number of carbonyl (C=O) groups is 2. The maximum atomic E-state index is 12.2. The van der Waals surface area contributed by atoms with Crippen LogP contribution >= 0.6 is 22.6 Å². The third kappa shape index (κ3) is 3.67. The van der Waals surface area contributed by atoms with Gasteiger partial charge in [-0.2, -0.15) is 4.31 Å². The van der Waals surface area contributed by atoms with Gasteiger partial charge in [-0.25, -0.2) is 13.2 Å². The molecular weight excluding hydrogens is 401 g/mol. The number of aromatic carboxylic acids is 1. The van der Waals surface area contributed by atoms with Crippen LogP contribution in [0.25, 0.3) is 0 Å². The molecule has 1 aromatic carbocycles. The normalized spacial score (nSPS) is 11.4. The van der Waals surface area contributed by atoms with Crippen LogP contribution in [0, 0.1) is 3.57 Å². The fraction of sp³-hybridized carbons (Fsp3) is 0.273. The minimum atomic E-state index is -3.95. The molecule has 0 atom stereocenters. The first-order valence-electron chi connectivity index (χ1n) is 5.26. The fourth-order valence-corrected chi connectivity index (χ4v) is 3.05. The van der Waals surface area contributed by atoms with Crippen molar-refractivity contribution in [2.75, 3.05) is 20.7 Å². The van der Waals surface area contributed by atoms with E-state index in [9.17, 15) is 18.0 Å². The number of hydrogen-bond acceptors (Lipinski definition) is 5. The van der Waals surface area contributed by atoms with E-state index < -0.39 is 28.5 Å². The van der Waals surface area contributed by atoms with Gasteiger partial charge in [0.25, 0.3) is 0 Å². The van der Waals surface area contributed by atoms with Crippen LogP contribution in [0.15, 0.2) is 23.1 Å². The summed E-state index contributed by atoms with van der Waals surface area (Å²) in [6, 6.07) is 3.74. The molecule has 0 heterocycles. The molecule has 0 radical (unpaired) electrons. The highest BCUT2D eigenvalue weighted by Crippen LogP contribution is 2.20. The molecular formula is C11H12INO6S. The maximum absolute atomic E-state index is 12.2. The molecule has 0 unspecified atom stereocenters. The van der Waals surface area contributed by atoms with Gasteiger partial charge >= 0.3 is 11.9 Å². The van der Waals surface area contributed by atoms with Crippen LogP contribution in [0.1, 0.15) is 10.4 Å².